The summed E-state index contributed by atoms with van der Waals surface area (Å²) < 4.78 is 17.6. The van der Waals surface area contributed by atoms with Crippen LogP contribution in [0.4, 0.5) is 0 Å². The quantitative estimate of drug-likeness (QED) is 0.457. The summed E-state index contributed by atoms with van der Waals surface area (Å²) in [5, 5.41) is 9.91. The molecular formula is C20H26O7. The first-order valence-electron chi connectivity index (χ1n) is 9.63. The molecule has 27 heavy (non-hydrogen) atoms. The number of carboxylic acid groups (broad SMARTS) is 1. The summed E-state index contributed by atoms with van der Waals surface area (Å²) in [6.45, 7) is 6.99. The molecule has 2 aliphatic carbocycles. The topological polar surface area (TPSA) is 102 Å². The minimum Gasteiger partial charge on any atom is -0.481 e. The Hall–Kier alpha value is -1.89. The molecule has 2 saturated carbocycles. The maximum Gasteiger partial charge on any atom is 0.333 e. The third-order valence-corrected chi connectivity index (χ3v) is 7.57. The predicted molar refractivity (Wildman–Crippen MR) is 92.3 cm³/mol. The molecule has 7 heteroatoms. The highest BCUT2D eigenvalue weighted by atomic mass is 16.8. The summed E-state index contributed by atoms with van der Waals surface area (Å²) >= 11 is 0. The van der Waals surface area contributed by atoms with E-state index in [0.717, 1.165) is 12.8 Å². The second kappa shape index (κ2) is 5.56. The van der Waals surface area contributed by atoms with Crippen LogP contribution in [0.5, 0.6) is 0 Å². The Balaban J connectivity index is 1.83. The van der Waals surface area contributed by atoms with Crippen molar-refractivity contribution < 1.29 is 33.7 Å². The molecule has 0 aromatic rings. The number of carbonyl (C=O) groups is 3. The van der Waals surface area contributed by atoms with Gasteiger partial charge in [-0.1, -0.05) is 19.4 Å². The summed E-state index contributed by atoms with van der Waals surface area (Å²) in [4.78, 5) is 37.1. The van der Waals surface area contributed by atoms with Crippen LogP contribution in [-0.2, 0) is 28.6 Å². The van der Waals surface area contributed by atoms with Gasteiger partial charge in [0.2, 0.25) is 5.79 Å². The molecule has 0 spiro atoms. The molecule has 0 bridgehead atoms. The maximum absolute atomic E-state index is 12.7. The Morgan fingerprint density at radius 2 is 2.04 bits per heavy atom. The van der Waals surface area contributed by atoms with Crippen molar-refractivity contribution in [2.45, 2.75) is 70.9 Å². The molecule has 2 saturated heterocycles. The van der Waals surface area contributed by atoms with Crippen LogP contribution in [0, 0.1) is 23.2 Å². The van der Waals surface area contributed by atoms with Crippen LogP contribution < -0.4 is 0 Å². The molecule has 2 aliphatic heterocycles. The summed E-state index contributed by atoms with van der Waals surface area (Å²) in [6.07, 6.45) is 3.35. The van der Waals surface area contributed by atoms with Crippen LogP contribution in [0.2, 0.25) is 0 Å². The lowest BCUT2D eigenvalue weighted by Crippen LogP contribution is -2.63. The minimum absolute atomic E-state index is 0.0650. The molecule has 0 aromatic carbocycles. The molecule has 4 fully saturated rings. The van der Waals surface area contributed by atoms with E-state index in [1.165, 1.54) is 0 Å². The number of ether oxygens (including phenoxy) is 3. The third-order valence-electron chi connectivity index (χ3n) is 7.57. The number of hydrogen-bond acceptors (Lipinski definition) is 6. The normalized spacial score (nSPS) is 48.0. The Labute approximate surface area is 158 Å². The smallest absolute Gasteiger partial charge is 0.333 e. The van der Waals surface area contributed by atoms with E-state index >= 15 is 0 Å². The largest absolute Gasteiger partial charge is 0.481 e. The van der Waals surface area contributed by atoms with Crippen LogP contribution >= 0.6 is 0 Å². The van der Waals surface area contributed by atoms with Gasteiger partial charge < -0.3 is 19.3 Å². The Morgan fingerprint density at radius 1 is 1.33 bits per heavy atom. The average Bonchev–Trinajstić information content (AvgIpc) is 3.22. The van der Waals surface area contributed by atoms with Gasteiger partial charge in [-0.05, 0) is 39.5 Å². The Bertz CT molecular complexity index is 757. The van der Waals surface area contributed by atoms with E-state index in [9.17, 15) is 19.5 Å². The number of hydrogen-bond donors (Lipinski definition) is 1. The monoisotopic (exact) mass is 378 g/mol. The van der Waals surface area contributed by atoms with Gasteiger partial charge in [0.25, 0.3) is 0 Å². The van der Waals surface area contributed by atoms with Crippen LogP contribution in [0.3, 0.4) is 0 Å². The highest BCUT2D eigenvalue weighted by Gasteiger charge is 2.91. The molecule has 7 atom stereocenters. The van der Waals surface area contributed by atoms with Gasteiger partial charge in [0.15, 0.2) is 5.60 Å². The van der Waals surface area contributed by atoms with Gasteiger partial charge >= 0.3 is 17.9 Å². The molecule has 1 N–H and O–H groups in total. The van der Waals surface area contributed by atoms with Gasteiger partial charge in [-0.25, -0.2) is 4.79 Å². The van der Waals surface area contributed by atoms with Crippen molar-refractivity contribution in [3.8, 4) is 0 Å². The Kier molecular flexibility index (Phi) is 3.81. The van der Waals surface area contributed by atoms with Crippen molar-refractivity contribution in [3.05, 3.63) is 11.6 Å². The van der Waals surface area contributed by atoms with Gasteiger partial charge in [-0.15, -0.1) is 0 Å². The number of carboxylic acids is 1. The van der Waals surface area contributed by atoms with E-state index in [2.05, 4.69) is 0 Å². The second-order valence-electron chi connectivity index (χ2n) is 8.64. The summed E-state index contributed by atoms with van der Waals surface area (Å²) in [6, 6.07) is 0. The zero-order valence-electron chi connectivity index (χ0n) is 16.1. The zero-order valence-corrected chi connectivity index (χ0v) is 16.1. The van der Waals surface area contributed by atoms with E-state index in [1.54, 1.807) is 26.8 Å². The molecule has 0 amide bonds. The van der Waals surface area contributed by atoms with Crippen LogP contribution in [0.15, 0.2) is 11.6 Å². The van der Waals surface area contributed by atoms with Crippen molar-refractivity contribution in [2.24, 2.45) is 23.2 Å². The fraction of sp³-hybridized carbons (Fsp3) is 0.750. The van der Waals surface area contributed by atoms with Crippen molar-refractivity contribution in [1.29, 1.82) is 0 Å². The summed E-state index contributed by atoms with van der Waals surface area (Å²) in [5.41, 5.74) is -1.48. The maximum atomic E-state index is 12.7. The number of allylic oxidation sites excluding steroid dienone is 1. The Morgan fingerprint density at radius 3 is 2.67 bits per heavy atom. The standard InChI is InChI=1S/C20H26O7/c1-5-10(2)15(23)25-17-18(4)12(7-6-8-13(18)14(21)22)9-19-20(17,27-19)11(3)16(24)26-19/h5,11-13,17H,6-9H2,1-4H3,(H,21,22)/b10-5-/t11-,12+,13+,17-,18-,19-,20+/m0/s1. The highest BCUT2D eigenvalue weighted by Crippen LogP contribution is 2.74. The first-order chi connectivity index (χ1) is 12.6. The predicted octanol–water partition coefficient (Wildman–Crippen LogP) is 2.43. The summed E-state index contributed by atoms with van der Waals surface area (Å²) in [5.74, 6) is -4.21. The number of fused-ring (bicyclic) bond motifs is 1. The first kappa shape index (κ1) is 18.5. The number of esters is 2. The fourth-order valence-electron chi connectivity index (χ4n) is 5.82. The van der Waals surface area contributed by atoms with Crippen LogP contribution in [-0.4, -0.2) is 40.5 Å². The summed E-state index contributed by atoms with van der Waals surface area (Å²) in [7, 11) is 0. The van der Waals surface area contributed by atoms with E-state index in [-0.39, 0.29) is 11.9 Å². The van der Waals surface area contributed by atoms with Gasteiger partial charge in [0.05, 0.1) is 11.8 Å². The molecule has 0 unspecified atom stereocenters. The van der Waals surface area contributed by atoms with Gasteiger partial charge in [0, 0.05) is 17.4 Å². The third kappa shape index (κ3) is 2.09. The lowest BCUT2D eigenvalue weighted by molar-refractivity contribution is -0.191. The van der Waals surface area contributed by atoms with Crippen LogP contribution in [0.1, 0.15) is 53.4 Å². The molecule has 2 heterocycles. The van der Waals surface area contributed by atoms with E-state index in [0.29, 0.717) is 18.4 Å². The van der Waals surface area contributed by atoms with E-state index in [4.69, 9.17) is 14.2 Å². The fourth-order valence-corrected chi connectivity index (χ4v) is 5.82. The van der Waals surface area contributed by atoms with Crippen molar-refractivity contribution in [1.82, 2.24) is 0 Å². The first-order valence-corrected chi connectivity index (χ1v) is 9.63. The average molecular weight is 378 g/mol. The zero-order chi connectivity index (χ0) is 19.8. The second-order valence-corrected chi connectivity index (χ2v) is 8.64. The number of carbonyl (C=O) groups excluding carboxylic acids is 2. The molecular weight excluding hydrogens is 352 g/mol. The lowest BCUT2D eigenvalue weighted by atomic mass is 9.50. The molecule has 148 valence electrons. The SMILES string of the molecule is C/C=C(/C)C(=O)O[C@H]1[C@@]2(C)[C@H](CCC[C@@H]2C(=O)O)C[C@@]23OC(=O)[C@H](C)[C@@]12O3. The highest BCUT2D eigenvalue weighted by molar-refractivity contribution is 5.88. The van der Waals surface area contributed by atoms with Crippen molar-refractivity contribution >= 4 is 17.9 Å². The van der Waals surface area contributed by atoms with E-state index < -0.39 is 46.7 Å². The number of epoxide rings is 1. The minimum atomic E-state index is -1.09. The molecule has 4 aliphatic rings. The molecule has 4 rings (SSSR count). The molecule has 7 nitrogen and oxygen atoms in total. The lowest BCUT2D eigenvalue weighted by Gasteiger charge is -2.53. The van der Waals surface area contributed by atoms with Gasteiger partial charge in [-0.2, -0.15) is 0 Å². The van der Waals surface area contributed by atoms with Crippen LogP contribution in [0.25, 0.3) is 0 Å². The van der Waals surface area contributed by atoms with Gasteiger partial charge in [0.1, 0.15) is 6.10 Å². The number of rotatable bonds is 3. The molecule has 0 aromatic heterocycles. The number of aliphatic carboxylic acids is 1. The van der Waals surface area contributed by atoms with Crippen molar-refractivity contribution in [3.63, 3.8) is 0 Å². The van der Waals surface area contributed by atoms with Crippen molar-refractivity contribution in [2.75, 3.05) is 0 Å². The molecule has 0 radical (unpaired) electrons. The van der Waals surface area contributed by atoms with E-state index in [1.807, 2.05) is 6.92 Å². The van der Waals surface area contributed by atoms with Gasteiger partial charge in [-0.3, -0.25) is 9.59 Å².